The average Bonchev–Trinajstić information content (AvgIpc) is 2.53. The van der Waals surface area contributed by atoms with Gasteiger partial charge in [0.05, 0.1) is 26.2 Å². The Bertz CT molecular complexity index is 666. The highest BCUT2D eigenvalue weighted by molar-refractivity contribution is 5.96. The molecule has 2 aromatic rings. The van der Waals surface area contributed by atoms with Crippen molar-refractivity contribution in [3.63, 3.8) is 0 Å². The number of carboxylic acids is 1. The van der Waals surface area contributed by atoms with Crippen LogP contribution in [-0.4, -0.2) is 37.6 Å². The number of nitrogens with one attached hydrogen (secondary N) is 2. The second kappa shape index (κ2) is 7.56. The third-order valence-electron chi connectivity index (χ3n) is 3.53. The normalized spacial score (nSPS) is 12.0. The van der Waals surface area contributed by atoms with Crippen LogP contribution in [0.15, 0.2) is 54.6 Å². The molecule has 5 heteroatoms. The minimum atomic E-state index is -0.972. The monoisotopic (exact) mass is 313 g/mol. The first-order valence-corrected chi connectivity index (χ1v) is 7.45. The lowest BCUT2D eigenvalue weighted by molar-refractivity contribution is -0.858. The minimum absolute atomic E-state index is 0.0968. The summed E-state index contributed by atoms with van der Waals surface area (Å²) in [5, 5.41) is 11.9. The lowest BCUT2D eigenvalue weighted by Crippen LogP contribution is -3.06. The molecule has 0 saturated carbocycles. The molecule has 0 radical (unpaired) electrons. The number of rotatable bonds is 6. The first kappa shape index (κ1) is 16.7. The number of amides is 1. The summed E-state index contributed by atoms with van der Waals surface area (Å²) in [4.78, 5) is 24.7. The molecule has 0 fully saturated rings. The number of carboxylic acid groups (broad SMARTS) is 1. The summed E-state index contributed by atoms with van der Waals surface area (Å²) in [5.41, 5.74) is 1.77. The van der Waals surface area contributed by atoms with E-state index in [2.05, 4.69) is 5.32 Å². The molecule has 0 aliphatic heterocycles. The number of carbonyl (C=O) groups is 2. The van der Waals surface area contributed by atoms with Crippen LogP contribution < -0.4 is 10.2 Å². The molecule has 2 aromatic carbocycles. The van der Waals surface area contributed by atoms with Crippen molar-refractivity contribution in [2.24, 2.45) is 0 Å². The van der Waals surface area contributed by atoms with Crippen LogP contribution in [0.2, 0.25) is 0 Å². The molecule has 1 unspecified atom stereocenters. The highest BCUT2D eigenvalue weighted by atomic mass is 16.4. The van der Waals surface area contributed by atoms with Gasteiger partial charge in [-0.3, -0.25) is 4.79 Å². The van der Waals surface area contributed by atoms with E-state index in [0.717, 1.165) is 16.2 Å². The van der Waals surface area contributed by atoms with E-state index in [1.54, 1.807) is 12.1 Å². The van der Waals surface area contributed by atoms with E-state index >= 15 is 0 Å². The van der Waals surface area contributed by atoms with Crippen molar-refractivity contribution in [1.29, 1.82) is 0 Å². The molecule has 1 atom stereocenters. The van der Waals surface area contributed by atoms with Gasteiger partial charge in [0, 0.05) is 5.69 Å². The standard InChI is InChI=1S/C18H20N2O3/c1-20(2)12-16(13-8-10-14(11-9-13)18(22)23)17(21)19-15-6-4-3-5-7-15/h3-11,16H,12H2,1-2H3,(H,19,21)(H,22,23)/p+1. The smallest absolute Gasteiger partial charge is 0.335 e. The summed E-state index contributed by atoms with van der Waals surface area (Å²) in [6, 6.07) is 15.8. The molecular formula is C18H21N2O3+. The van der Waals surface area contributed by atoms with E-state index < -0.39 is 5.97 Å². The van der Waals surface area contributed by atoms with Crippen molar-refractivity contribution in [2.75, 3.05) is 26.0 Å². The van der Waals surface area contributed by atoms with E-state index in [9.17, 15) is 9.59 Å². The molecule has 0 spiro atoms. The molecule has 0 aromatic heterocycles. The molecule has 0 heterocycles. The summed E-state index contributed by atoms with van der Waals surface area (Å²) in [5.74, 6) is -1.41. The number of para-hydroxylation sites is 1. The molecule has 1 amide bonds. The van der Waals surface area contributed by atoms with Gasteiger partial charge >= 0.3 is 5.97 Å². The van der Waals surface area contributed by atoms with Gasteiger partial charge in [-0.2, -0.15) is 0 Å². The molecule has 120 valence electrons. The van der Waals surface area contributed by atoms with E-state index in [-0.39, 0.29) is 17.4 Å². The maximum Gasteiger partial charge on any atom is 0.335 e. The third kappa shape index (κ3) is 4.66. The first-order valence-electron chi connectivity index (χ1n) is 7.45. The van der Waals surface area contributed by atoms with Gasteiger partial charge in [-0.1, -0.05) is 30.3 Å². The number of hydrogen-bond donors (Lipinski definition) is 3. The number of aromatic carboxylic acids is 1. The molecule has 3 N–H and O–H groups in total. The Balaban J connectivity index is 2.22. The van der Waals surface area contributed by atoms with Crippen molar-refractivity contribution < 1.29 is 19.6 Å². The summed E-state index contributed by atoms with van der Waals surface area (Å²) in [6.45, 7) is 0.616. The van der Waals surface area contributed by atoms with E-state index in [1.165, 1.54) is 12.1 Å². The Morgan fingerprint density at radius 1 is 1.04 bits per heavy atom. The highest BCUT2D eigenvalue weighted by Gasteiger charge is 2.24. The number of benzene rings is 2. The van der Waals surface area contributed by atoms with Gasteiger partial charge in [-0.25, -0.2) is 4.79 Å². The fourth-order valence-corrected chi connectivity index (χ4v) is 2.38. The second-order valence-electron chi connectivity index (χ2n) is 5.75. The number of carbonyl (C=O) groups excluding carboxylic acids is 1. The lowest BCUT2D eigenvalue weighted by atomic mass is 9.96. The molecule has 5 nitrogen and oxygen atoms in total. The fourth-order valence-electron chi connectivity index (χ4n) is 2.38. The number of anilines is 1. The van der Waals surface area contributed by atoms with Crippen LogP contribution in [0, 0.1) is 0 Å². The van der Waals surface area contributed by atoms with Crippen molar-refractivity contribution in [1.82, 2.24) is 0 Å². The minimum Gasteiger partial charge on any atom is -0.478 e. The molecule has 0 saturated heterocycles. The predicted molar refractivity (Wildman–Crippen MR) is 88.9 cm³/mol. The van der Waals surface area contributed by atoms with Gasteiger partial charge in [-0.05, 0) is 29.8 Å². The molecule has 0 bridgehead atoms. The Morgan fingerprint density at radius 3 is 2.17 bits per heavy atom. The van der Waals surface area contributed by atoms with Crippen molar-refractivity contribution in [2.45, 2.75) is 5.92 Å². The Morgan fingerprint density at radius 2 is 1.65 bits per heavy atom. The maximum atomic E-state index is 12.6. The van der Waals surface area contributed by atoms with E-state index in [1.807, 2.05) is 44.4 Å². The molecule has 0 aliphatic rings. The van der Waals surface area contributed by atoms with Gasteiger partial charge < -0.3 is 15.3 Å². The van der Waals surface area contributed by atoms with Crippen LogP contribution in [0.1, 0.15) is 21.8 Å². The van der Waals surface area contributed by atoms with Crippen LogP contribution in [0.25, 0.3) is 0 Å². The zero-order chi connectivity index (χ0) is 16.8. The van der Waals surface area contributed by atoms with Gasteiger partial charge in [0.15, 0.2) is 0 Å². The van der Waals surface area contributed by atoms with Crippen molar-refractivity contribution >= 4 is 17.6 Å². The number of hydrogen-bond acceptors (Lipinski definition) is 2. The average molecular weight is 313 g/mol. The van der Waals surface area contributed by atoms with Crippen LogP contribution in [0.4, 0.5) is 5.69 Å². The molecule has 2 rings (SSSR count). The summed E-state index contributed by atoms with van der Waals surface area (Å²) < 4.78 is 0. The van der Waals surface area contributed by atoms with Gasteiger partial charge in [-0.15, -0.1) is 0 Å². The topological polar surface area (TPSA) is 70.8 Å². The van der Waals surface area contributed by atoms with Gasteiger partial charge in [0.1, 0.15) is 5.92 Å². The number of quaternary nitrogens is 1. The third-order valence-corrected chi connectivity index (χ3v) is 3.53. The number of likely N-dealkylation sites (N-methyl/N-ethyl adjacent to an activating group) is 1. The van der Waals surface area contributed by atoms with E-state index in [4.69, 9.17) is 5.11 Å². The summed E-state index contributed by atoms with van der Waals surface area (Å²) in [6.07, 6.45) is 0. The Kier molecular flexibility index (Phi) is 5.49. The molecule has 23 heavy (non-hydrogen) atoms. The zero-order valence-corrected chi connectivity index (χ0v) is 13.2. The second-order valence-corrected chi connectivity index (χ2v) is 5.75. The first-order chi connectivity index (χ1) is 11.0. The van der Waals surface area contributed by atoms with Crippen molar-refractivity contribution in [3.05, 3.63) is 65.7 Å². The van der Waals surface area contributed by atoms with Crippen LogP contribution in [0.5, 0.6) is 0 Å². The van der Waals surface area contributed by atoms with Crippen LogP contribution in [-0.2, 0) is 4.79 Å². The summed E-state index contributed by atoms with van der Waals surface area (Å²) in [7, 11) is 3.96. The predicted octanol–water partition coefficient (Wildman–Crippen LogP) is 1.25. The van der Waals surface area contributed by atoms with Gasteiger partial charge in [0.25, 0.3) is 0 Å². The Labute approximate surface area is 135 Å². The maximum absolute atomic E-state index is 12.6. The van der Waals surface area contributed by atoms with Crippen LogP contribution >= 0.6 is 0 Å². The molecule has 0 aliphatic carbocycles. The Hall–Kier alpha value is -2.66. The fraction of sp³-hybridized carbons (Fsp3) is 0.222. The lowest BCUT2D eigenvalue weighted by Gasteiger charge is -2.19. The van der Waals surface area contributed by atoms with Gasteiger partial charge in [0.2, 0.25) is 5.91 Å². The molecular weight excluding hydrogens is 292 g/mol. The quantitative estimate of drug-likeness (QED) is 0.752. The van der Waals surface area contributed by atoms with E-state index in [0.29, 0.717) is 6.54 Å². The SMILES string of the molecule is C[NH+](C)CC(C(=O)Nc1ccccc1)c1ccc(C(=O)O)cc1. The van der Waals surface area contributed by atoms with Crippen molar-refractivity contribution in [3.8, 4) is 0 Å². The van der Waals surface area contributed by atoms with Crippen LogP contribution in [0.3, 0.4) is 0 Å². The largest absolute Gasteiger partial charge is 0.478 e. The highest BCUT2D eigenvalue weighted by Crippen LogP contribution is 2.18. The zero-order valence-electron chi connectivity index (χ0n) is 13.2. The summed E-state index contributed by atoms with van der Waals surface area (Å²) >= 11 is 0.